The van der Waals surface area contributed by atoms with E-state index in [1.165, 1.54) is 22.7 Å². The third-order valence-electron chi connectivity index (χ3n) is 4.77. The van der Waals surface area contributed by atoms with E-state index in [2.05, 4.69) is 30.6 Å². The van der Waals surface area contributed by atoms with E-state index in [9.17, 15) is 9.59 Å². The van der Waals surface area contributed by atoms with Crippen molar-refractivity contribution >= 4 is 44.8 Å². The highest BCUT2D eigenvalue weighted by atomic mass is 32.1. The van der Waals surface area contributed by atoms with E-state index in [0.717, 1.165) is 22.5 Å². The van der Waals surface area contributed by atoms with Gasteiger partial charge >= 0.3 is 0 Å². The number of hydrogen-bond acceptors (Lipinski definition) is 8. The monoisotopic (exact) mass is 484 g/mol. The summed E-state index contributed by atoms with van der Waals surface area (Å²) in [6, 6.07) is 13.9. The quantitative estimate of drug-likeness (QED) is 0.342. The summed E-state index contributed by atoms with van der Waals surface area (Å²) in [5.41, 5.74) is 4.08. The van der Waals surface area contributed by atoms with Crippen LogP contribution in [0.25, 0.3) is 22.5 Å². The molecule has 0 fully saturated rings. The van der Waals surface area contributed by atoms with E-state index in [0.29, 0.717) is 21.4 Å². The number of amides is 2. The lowest BCUT2D eigenvalue weighted by molar-refractivity contribution is 0.101. The zero-order valence-electron chi connectivity index (χ0n) is 17.5. The average Bonchev–Trinajstić information content (AvgIpc) is 3.55. The van der Waals surface area contributed by atoms with Crippen molar-refractivity contribution < 1.29 is 9.59 Å². The summed E-state index contributed by atoms with van der Waals surface area (Å²) < 4.78 is 0. The molecule has 0 aliphatic heterocycles. The molecular weight excluding hydrogens is 468 g/mol. The van der Waals surface area contributed by atoms with Crippen LogP contribution in [0.1, 0.15) is 20.7 Å². The first-order valence-corrected chi connectivity index (χ1v) is 11.9. The largest absolute Gasteiger partial charge is 0.298 e. The second-order valence-corrected chi connectivity index (χ2v) is 8.76. The first-order valence-electron chi connectivity index (χ1n) is 10.1. The molecule has 4 aromatic heterocycles. The molecule has 2 amide bonds. The standard InChI is InChI=1S/C24H16N6O2S2/c31-21(29-23-27-19(13-33-23)17-3-1-9-25-11-17)15-5-7-16(8-6-15)22(32)30-24-28-20(14-34-24)18-4-2-10-26-12-18/h1-14H,(H,27,29,31)(H,28,30,32). The summed E-state index contributed by atoms with van der Waals surface area (Å²) in [7, 11) is 0. The second kappa shape index (κ2) is 9.69. The molecule has 10 heteroatoms. The Labute approximate surface area is 202 Å². The van der Waals surface area contributed by atoms with Gasteiger partial charge in [-0.3, -0.25) is 30.2 Å². The second-order valence-electron chi connectivity index (χ2n) is 7.04. The van der Waals surface area contributed by atoms with Gasteiger partial charge in [0, 0.05) is 57.8 Å². The number of rotatable bonds is 6. The minimum atomic E-state index is -0.305. The minimum Gasteiger partial charge on any atom is -0.298 e. The van der Waals surface area contributed by atoms with Gasteiger partial charge in [0.15, 0.2) is 10.3 Å². The van der Waals surface area contributed by atoms with Gasteiger partial charge in [-0.15, -0.1) is 22.7 Å². The normalized spacial score (nSPS) is 10.6. The molecule has 0 aliphatic rings. The molecule has 5 rings (SSSR count). The van der Waals surface area contributed by atoms with Gasteiger partial charge in [-0.1, -0.05) is 0 Å². The van der Waals surface area contributed by atoms with Crippen LogP contribution >= 0.6 is 22.7 Å². The summed E-state index contributed by atoms with van der Waals surface area (Å²) >= 11 is 2.66. The maximum Gasteiger partial charge on any atom is 0.257 e. The number of benzene rings is 1. The number of anilines is 2. The van der Waals surface area contributed by atoms with Crippen molar-refractivity contribution in [2.24, 2.45) is 0 Å². The fourth-order valence-electron chi connectivity index (χ4n) is 3.07. The molecule has 0 aliphatic carbocycles. The minimum absolute atomic E-state index is 0.305. The van der Waals surface area contributed by atoms with Crippen molar-refractivity contribution in [2.75, 3.05) is 10.6 Å². The molecule has 1 aromatic carbocycles. The van der Waals surface area contributed by atoms with Crippen LogP contribution in [0.3, 0.4) is 0 Å². The lowest BCUT2D eigenvalue weighted by Gasteiger charge is -2.04. The van der Waals surface area contributed by atoms with Crippen LogP contribution in [-0.2, 0) is 0 Å². The first-order chi connectivity index (χ1) is 16.7. The topological polar surface area (TPSA) is 110 Å². The Bertz CT molecular complexity index is 1320. The molecule has 0 bridgehead atoms. The fourth-order valence-corrected chi connectivity index (χ4v) is 4.50. The van der Waals surface area contributed by atoms with Gasteiger partial charge in [0.1, 0.15) is 0 Å². The first kappa shape index (κ1) is 21.6. The van der Waals surface area contributed by atoms with E-state index >= 15 is 0 Å². The van der Waals surface area contributed by atoms with Crippen LogP contribution < -0.4 is 10.6 Å². The Hall–Kier alpha value is -4.28. The van der Waals surface area contributed by atoms with Gasteiger partial charge in [-0.25, -0.2) is 9.97 Å². The molecule has 2 N–H and O–H groups in total. The van der Waals surface area contributed by atoms with E-state index in [-0.39, 0.29) is 11.8 Å². The van der Waals surface area contributed by atoms with Crippen LogP contribution in [-0.4, -0.2) is 31.8 Å². The molecule has 0 saturated heterocycles. The van der Waals surface area contributed by atoms with Gasteiger partial charge in [0.25, 0.3) is 11.8 Å². The predicted molar refractivity (Wildman–Crippen MR) is 133 cm³/mol. The third-order valence-corrected chi connectivity index (χ3v) is 6.29. The smallest absolute Gasteiger partial charge is 0.257 e. The number of nitrogens with zero attached hydrogens (tertiary/aromatic N) is 4. The number of hydrogen-bond donors (Lipinski definition) is 2. The summed E-state index contributed by atoms with van der Waals surface area (Å²) in [6.45, 7) is 0. The van der Waals surface area contributed by atoms with Crippen molar-refractivity contribution in [1.29, 1.82) is 0 Å². The fraction of sp³-hybridized carbons (Fsp3) is 0. The molecule has 0 radical (unpaired) electrons. The van der Waals surface area contributed by atoms with Crippen molar-refractivity contribution in [3.63, 3.8) is 0 Å². The molecule has 8 nitrogen and oxygen atoms in total. The summed E-state index contributed by atoms with van der Waals surface area (Å²) in [5, 5.41) is 10.3. The number of carbonyl (C=O) groups excluding carboxylic acids is 2. The Balaban J connectivity index is 1.21. The Kier molecular flexibility index (Phi) is 6.15. The maximum atomic E-state index is 12.6. The average molecular weight is 485 g/mol. The molecule has 166 valence electrons. The molecule has 0 unspecified atom stereocenters. The van der Waals surface area contributed by atoms with Gasteiger partial charge in [-0.2, -0.15) is 0 Å². The van der Waals surface area contributed by atoms with E-state index < -0.39 is 0 Å². The lowest BCUT2D eigenvalue weighted by Crippen LogP contribution is -2.14. The SMILES string of the molecule is O=C(Nc1nc(-c2cccnc2)cs1)c1ccc(C(=O)Nc2nc(-c3cccnc3)cs2)cc1. The van der Waals surface area contributed by atoms with Crippen LogP contribution in [0, 0.1) is 0 Å². The van der Waals surface area contributed by atoms with Crippen molar-refractivity contribution in [3.05, 3.63) is 95.2 Å². The van der Waals surface area contributed by atoms with Gasteiger partial charge in [0.05, 0.1) is 11.4 Å². The highest BCUT2D eigenvalue weighted by Gasteiger charge is 2.13. The highest BCUT2D eigenvalue weighted by Crippen LogP contribution is 2.26. The zero-order valence-corrected chi connectivity index (χ0v) is 19.1. The van der Waals surface area contributed by atoms with Gasteiger partial charge < -0.3 is 0 Å². The predicted octanol–water partition coefficient (Wildman–Crippen LogP) is 5.23. The van der Waals surface area contributed by atoms with E-state index in [1.807, 2.05) is 35.0 Å². The molecular formula is C24H16N6O2S2. The number of aromatic nitrogens is 4. The van der Waals surface area contributed by atoms with Gasteiger partial charge in [0.2, 0.25) is 0 Å². The maximum absolute atomic E-state index is 12.6. The summed E-state index contributed by atoms with van der Waals surface area (Å²) in [6.07, 6.45) is 6.82. The van der Waals surface area contributed by atoms with E-state index in [4.69, 9.17) is 0 Å². The molecule has 34 heavy (non-hydrogen) atoms. The molecule has 0 atom stereocenters. The lowest BCUT2D eigenvalue weighted by atomic mass is 10.1. The number of pyridine rings is 2. The van der Waals surface area contributed by atoms with Crippen molar-refractivity contribution in [1.82, 2.24) is 19.9 Å². The molecule has 0 saturated carbocycles. The van der Waals surface area contributed by atoms with Gasteiger partial charge in [-0.05, 0) is 48.5 Å². The van der Waals surface area contributed by atoms with Crippen LogP contribution in [0.5, 0.6) is 0 Å². The molecule has 5 aromatic rings. The van der Waals surface area contributed by atoms with E-state index in [1.54, 1.807) is 49.1 Å². The Morgan fingerprint density at radius 2 is 1.09 bits per heavy atom. The Morgan fingerprint density at radius 1 is 0.647 bits per heavy atom. The van der Waals surface area contributed by atoms with Crippen LogP contribution in [0.2, 0.25) is 0 Å². The number of nitrogens with one attached hydrogen (secondary N) is 2. The zero-order chi connectivity index (χ0) is 23.3. The number of carbonyl (C=O) groups is 2. The Morgan fingerprint density at radius 3 is 1.47 bits per heavy atom. The van der Waals surface area contributed by atoms with Crippen molar-refractivity contribution in [2.45, 2.75) is 0 Å². The molecule has 4 heterocycles. The van der Waals surface area contributed by atoms with Crippen LogP contribution in [0.15, 0.2) is 84.1 Å². The summed E-state index contributed by atoms with van der Waals surface area (Å²) in [4.78, 5) is 42.2. The highest BCUT2D eigenvalue weighted by molar-refractivity contribution is 7.14. The third kappa shape index (κ3) is 4.87. The van der Waals surface area contributed by atoms with Crippen molar-refractivity contribution in [3.8, 4) is 22.5 Å². The summed E-state index contributed by atoms with van der Waals surface area (Å²) in [5.74, 6) is -0.611. The van der Waals surface area contributed by atoms with Crippen LogP contribution in [0.4, 0.5) is 10.3 Å². The number of thiazole rings is 2. The molecule has 0 spiro atoms.